The topological polar surface area (TPSA) is 35.5 Å². The molecule has 0 atom stereocenters. The highest BCUT2D eigenvalue weighted by Gasteiger charge is 2.18. The highest BCUT2D eigenvalue weighted by atomic mass is 28.4. The molecule has 2 aromatic carbocycles. The van der Waals surface area contributed by atoms with E-state index in [0.29, 0.717) is 11.1 Å². The van der Waals surface area contributed by atoms with Crippen LogP contribution in [0.5, 0.6) is 11.5 Å². The smallest absolute Gasteiger partial charge is 0.242 e. The lowest BCUT2D eigenvalue weighted by atomic mass is 10.0. The Morgan fingerprint density at radius 2 is 0.917 bits per heavy atom. The molecule has 0 heterocycles. The Labute approximate surface area is 146 Å². The normalized spacial score (nSPS) is 11.9. The number of carbonyl (C=O) groups excluding carboxylic acids is 1. The van der Waals surface area contributed by atoms with Crippen LogP contribution in [0.1, 0.15) is 15.9 Å². The van der Waals surface area contributed by atoms with Crippen LogP contribution >= 0.6 is 0 Å². The number of hydrogen-bond donors (Lipinski definition) is 0. The van der Waals surface area contributed by atoms with Crippen molar-refractivity contribution in [1.82, 2.24) is 0 Å². The zero-order chi connectivity index (χ0) is 18.0. The second-order valence-electron chi connectivity index (χ2n) is 7.81. The predicted octanol–water partition coefficient (Wildman–Crippen LogP) is 5.35. The Morgan fingerprint density at radius 1 is 0.625 bits per heavy atom. The van der Waals surface area contributed by atoms with Crippen molar-refractivity contribution in [3.8, 4) is 11.5 Å². The standard InChI is InChI=1S/C19H26O3Si2/c1-23(2,3)21-17-11-7-15(8-12-17)19(20)16-9-13-18(14-10-16)22-24(4,5)6/h7-14H,1-6H3. The summed E-state index contributed by atoms with van der Waals surface area (Å²) in [5.74, 6) is 1.66. The molecule has 0 bridgehead atoms. The average molecular weight is 359 g/mol. The van der Waals surface area contributed by atoms with Gasteiger partial charge in [0.2, 0.25) is 16.6 Å². The third kappa shape index (κ3) is 5.65. The van der Waals surface area contributed by atoms with Gasteiger partial charge in [-0.1, -0.05) is 0 Å². The lowest BCUT2D eigenvalue weighted by molar-refractivity contribution is 0.103. The minimum Gasteiger partial charge on any atom is -0.544 e. The summed E-state index contributed by atoms with van der Waals surface area (Å²) >= 11 is 0. The van der Waals surface area contributed by atoms with Crippen molar-refractivity contribution in [2.24, 2.45) is 0 Å². The minimum absolute atomic E-state index is 0.00843. The van der Waals surface area contributed by atoms with Crippen LogP contribution in [0.4, 0.5) is 0 Å². The van der Waals surface area contributed by atoms with Crippen LogP contribution in [-0.4, -0.2) is 22.4 Å². The summed E-state index contributed by atoms with van der Waals surface area (Å²) in [5.41, 5.74) is 1.33. The number of benzene rings is 2. The minimum atomic E-state index is -1.63. The van der Waals surface area contributed by atoms with E-state index in [1.807, 2.05) is 48.5 Å². The largest absolute Gasteiger partial charge is 0.544 e. The monoisotopic (exact) mass is 358 g/mol. The molecule has 2 aromatic rings. The Balaban J connectivity index is 2.11. The van der Waals surface area contributed by atoms with E-state index < -0.39 is 16.6 Å². The quantitative estimate of drug-likeness (QED) is 0.516. The molecule has 24 heavy (non-hydrogen) atoms. The predicted molar refractivity (Wildman–Crippen MR) is 104 cm³/mol. The van der Waals surface area contributed by atoms with Crippen LogP contribution in [0.2, 0.25) is 39.3 Å². The first kappa shape index (κ1) is 18.5. The van der Waals surface area contributed by atoms with Gasteiger partial charge in [0.25, 0.3) is 0 Å². The van der Waals surface area contributed by atoms with Crippen LogP contribution < -0.4 is 8.85 Å². The molecule has 0 spiro atoms. The molecule has 0 unspecified atom stereocenters. The summed E-state index contributed by atoms with van der Waals surface area (Å²) < 4.78 is 11.8. The number of carbonyl (C=O) groups is 1. The van der Waals surface area contributed by atoms with Crippen molar-refractivity contribution in [1.29, 1.82) is 0 Å². The van der Waals surface area contributed by atoms with E-state index in [0.717, 1.165) is 11.5 Å². The van der Waals surface area contributed by atoms with E-state index in [-0.39, 0.29) is 5.78 Å². The van der Waals surface area contributed by atoms with Gasteiger partial charge >= 0.3 is 0 Å². The molecule has 0 aromatic heterocycles. The van der Waals surface area contributed by atoms with Gasteiger partial charge in [-0.2, -0.15) is 0 Å². The van der Waals surface area contributed by atoms with E-state index in [4.69, 9.17) is 8.85 Å². The van der Waals surface area contributed by atoms with Crippen LogP contribution in [0, 0.1) is 0 Å². The zero-order valence-electron chi connectivity index (χ0n) is 15.3. The third-order valence-electron chi connectivity index (χ3n) is 3.08. The molecular weight excluding hydrogens is 332 g/mol. The van der Waals surface area contributed by atoms with E-state index in [2.05, 4.69) is 39.3 Å². The maximum atomic E-state index is 12.6. The molecule has 0 saturated carbocycles. The van der Waals surface area contributed by atoms with Gasteiger partial charge in [-0.05, 0) is 87.8 Å². The van der Waals surface area contributed by atoms with Gasteiger partial charge in [0, 0.05) is 11.1 Å². The molecule has 5 heteroatoms. The Hall–Kier alpha value is -1.86. The number of ketones is 1. The van der Waals surface area contributed by atoms with Crippen LogP contribution in [0.25, 0.3) is 0 Å². The second kappa shape index (κ2) is 6.95. The van der Waals surface area contributed by atoms with Crippen LogP contribution in [-0.2, 0) is 0 Å². The second-order valence-corrected chi connectivity index (χ2v) is 16.7. The summed E-state index contributed by atoms with van der Waals surface area (Å²) in [4.78, 5) is 12.6. The van der Waals surface area contributed by atoms with Crippen molar-refractivity contribution < 1.29 is 13.6 Å². The molecule has 3 nitrogen and oxygen atoms in total. The van der Waals surface area contributed by atoms with Crippen LogP contribution in [0.3, 0.4) is 0 Å². The summed E-state index contributed by atoms with van der Waals surface area (Å²) in [6, 6.07) is 14.8. The highest BCUT2D eigenvalue weighted by molar-refractivity contribution is 6.70. The molecule has 0 saturated heterocycles. The van der Waals surface area contributed by atoms with Gasteiger partial charge < -0.3 is 8.85 Å². The fraction of sp³-hybridized carbons (Fsp3) is 0.316. The summed E-state index contributed by atoms with van der Waals surface area (Å²) in [6.45, 7) is 12.8. The van der Waals surface area contributed by atoms with Gasteiger partial charge in [0.05, 0.1) is 0 Å². The molecule has 2 rings (SSSR count). The summed E-state index contributed by atoms with van der Waals surface area (Å²) in [5, 5.41) is 0. The Morgan fingerprint density at radius 3 is 1.17 bits per heavy atom. The van der Waals surface area contributed by atoms with Gasteiger partial charge in [-0.3, -0.25) is 4.79 Å². The van der Waals surface area contributed by atoms with Crippen molar-refractivity contribution in [2.75, 3.05) is 0 Å². The molecular formula is C19H26O3Si2. The molecule has 0 fully saturated rings. The summed E-state index contributed by atoms with van der Waals surface area (Å²) in [7, 11) is -3.26. The van der Waals surface area contributed by atoms with Gasteiger partial charge in [0.15, 0.2) is 5.78 Å². The molecule has 0 N–H and O–H groups in total. The fourth-order valence-corrected chi connectivity index (χ4v) is 3.91. The van der Waals surface area contributed by atoms with Crippen molar-refractivity contribution in [2.45, 2.75) is 39.3 Å². The van der Waals surface area contributed by atoms with E-state index >= 15 is 0 Å². The van der Waals surface area contributed by atoms with Gasteiger partial charge in [0.1, 0.15) is 11.5 Å². The lowest BCUT2D eigenvalue weighted by Gasteiger charge is -2.19. The first-order valence-corrected chi connectivity index (χ1v) is 15.0. The molecule has 0 aliphatic heterocycles. The zero-order valence-corrected chi connectivity index (χ0v) is 17.3. The van der Waals surface area contributed by atoms with E-state index in [1.165, 1.54) is 0 Å². The van der Waals surface area contributed by atoms with E-state index in [1.54, 1.807) is 0 Å². The third-order valence-corrected chi connectivity index (χ3v) is 4.78. The molecule has 0 radical (unpaired) electrons. The molecule has 0 aliphatic carbocycles. The Bertz CT molecular complexity index is 632. The highest BCUT2D eigenvalue weighted by Crippen LogP contribution is 2.21. The van der Waals surface area contributed by atoms with Crippen molar-refractivity contribution in [3.05, 3.63) is 59.7 Å². The first-order valence-electron chi connectivity index (χ1n) is 8.16. The van der Waals surface area contributed by atoms with Gasteiger partial charge in [-0.15, -0.1) is 0 Å². The maximum Gasteiger partial charge on any atom is 0.242 e. The molecule has 0 aliphatic rings. The SMILES string of the molecule is C[Si](C)(C)Oc1ccc(C(=O)c2ccc(O[Si](C)(C)C)cc2)cc1. The van der Waals surface area contributed by atoms with E-state index in [9.17, 15) is 4.79 Å². The Kier molecular flexibility index (Phi) is 5.35. The van der Waals surface area contributed by atoms with Crippen molar-refractivity contribution >= 4 is 22.4 Å². The van der Waals surface area contributed by atoms with Gasteiger partial charge in [-0.25, -0.2) is 0 Å². The van der Waals surface area contributed by atoms with Crippen LogP contribution in [0.15, 0.2) is 48.5 Å². The average Bonchev–Trinajstić information content (AvgIpc) is 2.45. The number of rotatable bonds is 6. The first-order chi connectivity index (χ1) is 11.0. The lowest BCUT2D eigenvalue weighted by Crippen LogP contribution is -2.29. The van der Waals surface area contributed by atoms with Crippen molar-refractivity contribution in [3.63, 3.8) is 0 Å². The number of hydrogen-bond acceptors (Lipinski definition) is 3. The maximum absolute atomic E-state index is 12.6. The summed E-state index contributed by atoms with van der Waals surface area (Å²) in [6.07, 6.45) is 0. The molecule has 0 amide bonds. The fourth-order valence-electron chi connectivity index (χ4n) is 2.22. The molecule has 128 valence electrons.